The van der Waals surface area contributed by atoms with E-state index in [0.29, 0.717) is 25.2 Å². The summed E-state index contributed by atoms with van der Waals surface area (Å²) < 4.78 is 14.8. The third-order valence-electron chi connectivity index (χ3n) is 3.67. The van der Waals surface area contributed by atoms with Gasteiger partial charge >= 0.3 is 0 Å². The fourth-order valence-electron chi connectivity index (χ4n) is 2.53. The molecule has 1 aromatic carbocycles. The molecule has 1 aliphatic heterocycles. The standard InChI is InChI=1S/C18H17FN2/c1-15-5-4-7-17(13-15)21-12-10-18(19,14-21)9-8-16-6-2-3-11-20-16/h2-7,11,13H,10,12,14H2,1H3. The van der Waals surface area contributed by atoms with Gasteiger partial charge in [-0.2, -0.15) is 0 Å². The van der Waals surface area contributed by atoms with E-state index in [1.54, 1.807) is 12.3 Å². The lowest BCUT2D eigenvalue weighted by atomic mass is 10.1. The zero-order valence-corrected chi connectivity index (χ0v) is 12.0. The molecule has 1 unspecified atom stereocenters. The van der Waals surface area contributed by atoms with Crippen LogP contribution in [0.1, 0.15) is 17.7 Å². The molecule has 106 valence electrons. The molecule has 1 aromatic heterocycles. The smallest absolute Gasteiger partial charge is 0.190 e. The second-order valence-electron chi connectivity index (χ2n) is 5.44. The molecule has 1 fully saturated rings. The molecule has 0 saturated carbocycles. The molecule has 0 N–H and O–H groups in total. The van der Waals surface area contributed by atoms with E-state index in [-0.39, 0.29) is 0 Å². The molecular weight excluding hydrogens is 263 g/mol. The summed E-state index contributed by atoms with van der Waals surface area (Å²) in [4.78, 5) is 6.16. The summed E-state index contributed by atoms with van der Waals surface area (Å²) in [5, 5.41) is 0. The van der Waals surface area contributed by atoms with Crippen LogP contribution in [0.25, 0.3) is 0 Å². The lowest BCUT2D eigenvalue weighted by molar-refractivity contribution is 0.274. The molecule has 0 spiro atoms. The fraction of sp³-hybridized carbons (Fsp3) is 0.278. The largest absolute Gasteiger partial charge is 0.367 e. The minimum Gasteiger partial charge on any atom is -0.367 e. The predicted molar refractivity (Wildman–Crippen MR) is 83.0 cm³/mol. The highest BCUT2D eigenvalue weighted by Gasteiger charge is 2.36. The van der Waals surface area contributed by atoms with Gasteiger partial charge in [-0.05, 0) is 42.7 Å². The monoisotopic (exact) mass is 280 g/mol. The Bertz CT molecular complexity index is 687. The molecule has 0 aliphatic carbocycles. The SMILES string of the molecule is Cc1cccc(N2CCC(F)(C#Cc3ccccn3)C2)c1. The Morgan fingerprint density at radius 3 is 2.90 bits per heavy atom. The highest BCUT2D eigenvalue weighted by atomic mass is 19.1. The maximum absolute atomic E-state index is 14.8. The maximum atomic E-state index is 14.8. The van der Waals surface area contributed by atoms with Crippen LogP contribution in [0.5, 0.6) is 0 Å². The first-order chi connectivity index (χ1) is 10.1. The molecular formula is C18H17FN2. The molecule has 2 heterocycles. The van der Waals surface area contributed by atoms with Crippen molar-refractivity contribution in [1.29, 1.82) is 0 Å². The van der Waals surface area contributed by atoms with Crippen LogP contribution in [-0.2, 0) is 0 Å². The normalized spacial score (nSPS) is 21.0. The van der Waals surface area contributed by atoms with Gasteiger partial charge in [-0.25, -0.2) is 9.37 Å². The molecule has 21 heavy (non-hydrogen) atoms. The van der Waals surface area contributed by atoms with E-state index < -0.39 is 5.67 Å². The van der Waals surface area contributed by atoms with Gasteiger partial charge in [0.25, 0.3) is 0 Å². The van der Waals surface area contributed by atoms with Gasteiger partial charge in [-0.15, -0.1) is 0 Å². The maximum Gasteiger partial charge on any atom is 0.190 e. The molecule has 3 rings (SSSR count). The van der Waals surface area contributed by atoms with E-state index in [9.17, 15) is 4.39 Å². The number of alkyl halides is 1. The van der Waals surface area contributed by atoms with E-state index >= 15 is 0 Å². The van der Waals surface area contributed by atoms with Crippen LogP contribution in [0.2, 0.25) is 0 Å². The third-order valence-corrected chi connectivity index (χ3v) is 3.67. The summed E-state index contributed by atoms with van der Waals surface area (Å²) in [6.45, 7) is 3.05. The first kappa shape index (κ1) is 13.6. The number of halogens is 1. The molecule has 0 bridgehead atoms. The van der Waals surface area contributed by atoms with Gasteiger partial charge in [0.1, 0.15) is 5.69 Å². The van der Waals surface area contributed by atoms with Gasteiger partial charge in [0, 0.05) is 24.8 Å². The molecule has 1 aliphatic rings. The van der Waals surface area contributed by atoms with Crippen LogP contribution in [0, 0.1) is 18.8 Å². The Balaban J connectivity index is 1.75. The lowest BCUT2D eigenvalue weighted by Crippen LogP contribution is -2.27. The summed E-state index contributed by atoms with van der Waals surface area (Å²) in [5.41, 5.74) is 1.41. The number of pyridine rings is 1. The Hall–Kier alpha value is -2.34. The average molecular weight is 280 g/mol. The quantitative estimate of drug-likeness (QED) is 0.745. The van der Waals surface area contributed by atoms with E-state index in [1.165, 1.54) is 5.56 Å². The number of aryl methyl sites for hydroxylation is 1. The minimum absolute atomic E-state index is 0.316. The molecule has 3 heteroatoms. The molecule has 2 nitrogen and oxygen atoms in total. The number of benzene rings is 1. The Morgan fingerprint density at radius 1 is 1.24 bits per heavy atom. The highest BCUT2D eigenvalue weighted by Crippen LogP contribution is 2.29. The third kappa shape index (κ3) is 3.22. The van der Waals surface area contributed by atoms with Crippen LogP contribution < -0.4 is 4.90 Å². The van der Waals surface area contributed by atoms with Crippen molar-refractivity contribution in [2.45, 2.75) is 19.0 Å². The van der Waals surface area contributed by atoms with Crippen LogP contribution >= 0.6 is 0 Å². The van der Waals surface area contributed by atoms with E-state index in [0.717, 1.165) is 5.69 Å². The topological polar surface area (TPSA) is 16.1 Å². The Morgan fingerprint density at radius 2 is 2.14 bits per heavy atom. The van der Waals surface area contributed by atoms with Crippen molar-refractivity contribution in [3.05, 3.63) is 59.9 Å². The van der Waals surface area contributed by atoms with Crippen molar-refractivity contribution in [3.8, 4) is 11.8 Å². The van der Waals surface area contributed by atoms with Crippen LogP contribution in [0.4, 0.5) is 10.1 Å². The molecule has 1 saturated heterocycles. The van der Waals surface area contributed by atoms with Gasteiger partial charge in [-0.3, -0.25) is 0 Å². The highest BCUT2D eigenvalue weighted by molar-refractivity contribution is 5.51. The summed E-state index contributed by atoms with van der Waals surface area (Å²) in [6, 6.07) is 13.6. The van der Waals surface area contributed by atoms with Crippen LogP contribution in [0.3, 0.4) is 0 Å². The number of aromatic nitrogens is 1. The van der Waals surface area contributed by atoms with Crippen molar-refractivity contribution in [2.24, 2.45) is 0 Å². The molecule has 1 atom stereocenters. The zero-order chi connectivity index (χ0) is 14.7. The van der Waals surface area contributed by atoms with Crippen molar-refractivity contribution >= 4 is 5.69 Å². The number of nitrogens with zero attached hydrogens (tertiary/aromatic N) is 2. The van der Waals surface area contributed by atoms with Crippen molar-refractivity contribution < 1.29 is 4.39 Å². The first-order valence-corrected chi connectivity index (χ1v) is 7.09. The molecule has 0 radical (unpaired) electrons. The van der Waals surface area contributed by atoms with E-state index in [4.69, 9.17) is 0 Å². The van der Waals surface area contributed by atoms with Crippen molar-refractivity contribution in [3.63, 3.8) is 0 Å². The molecule has 0 amide bonds. The summed E-state index contributed by atoms with van der Waals surface area (Å²) in [7, 11) is 0. The second-order valence-corrected chi connectivity index (χ2v) is 5.44. The zero-order valence-electron chi connectivity index (χ0n) is 12.0. The van der Waals surface area contributed by atoms with Crippen molar-refractivity contribution in [2.75, 3.05) is 18.0 Å². The van der Waals surface area contributed by atoms with E-state index in [1.807, 2.05) is 37.3 Å². The average Bonchev–Trinajstić information content (AvgIpc) is 2.90. The van der Waals surface area contributed by atoms with Gasteiger partial charge in [-0.1, -0.05) is 24.1 Å². The number of anilines is 1. The summed E-state index contributed by atoms with van der Waals surface area (Å²) in [6.07, 6.45) is 2.10. The van der Waals surface area contributed by atoms with Crippen LogP contribution in [0.15, 0.2) is 48.7 Å². The first-order valence-electron chi connectivity index (χ1n) is 7.09. The van der Waals surface area contributed by atoms with E-state index in [2.05, 4.69) is 27.8 Å². The second kappa shape index (κ2) is 5.57. The number of hydrogen-bond acceptors (Lipinski definition) is 2. The Kier molecular flexibility index (Phi) is 3.62. The summed E-state index contributed by atoms with van der Waals surface area (Å²) >= 11 is 0. The Labute approximate surface area is 124 Å². The lowest BCUT2D eigenvalue weighted by Gasteiger charge is -2.19. The van der Waals surface area contributed by atoms with Gasteiger partial charge in [0.15, 0.2) is 5.67 Å². The molecule has 2 aromatic rings. The van der Waals surface area contributed by atoms with Crippen molar-refractivity contribution in [1.82, 2.24) is 4.98 Å². The van der Waals surface area contributed by atoms with Gasteiger partial charge in [0.2, 0.25) is 0 Å². The number of rotatable bonds is 1. The van der Waals surface area contributed by atoms with Gasteiger partial charge < -0.3 is 4.90 Å². The summed E-state index contributed by atoms with van der Waals surface area (Å²) in [5.74, 6) is 5.62. The van der Waals surface area contributed by atoms with Gasteiger partial charge in [0.05, 0.1) is 6.54 Å². The number of hydrogen-bond donors (Lipinski definition) is 0. The fourth-order valence-corrected chi connectivity index (χ4v) is 2.53. The van der Waals surface area contributed by atoms with Crippen LogP contribution in [-0.4, -0.2) is 23.7 Å². The minimum atomic E-state index is -1.46. The predicted octanol–water partition coefficient (Wildman–Crippen LogP) is 3.36.